The maximum atomic E-state index is 10.9. The van der Waals surface area contributed by atoms with Crippen molar-refractivity contribution in [2.45, 2.75) is 0 Å². The fourth-order valence-corrected chi connectivity index (χ4v) is 1.51. The Morgan fingerprint density at radius 2 is 1.44 bits per heavy atom. The summed E-state index contributed by atoms with van der Waals surface area (Å²) in [4.78, 5) is 10.9. The van der Waals surface area contributed by atoms with Crippen molar-refractivity contribution in [3.8, 4) is 0 Å². The van der Waals surface area contributed by atoms with Crippen molar-refractivity contribution in [3.05, 3.63) is 71.8 Å². The second kappa shape index (κ2) is 5.08. The summed E-state index contributed by atoms with van der Waals surface area (Å²) < 4.78 is 0. The molecule has 1 nitrogen and oxygen atoms in total. The molecule has 0 heterocycles. The molecule has 2 aromatic rings. The minimum atomic E-state index is 0.576. The van der Waals surface area contributed by atoms with E-state index in [0.29, 0.717) is 5.57 Å². The third-order valence-electron chi connectivity index (χ3n) is 2.31. The summed E-state index contributed by atoms with van der Waals surface area (Å²) >= 11 is 0. The van der Waals surface area contributed by atoms with Gasteiger partial charge in [-0.05, 0) is 17.2 Å². The fraction of sp³-hybridized carbons (Fsp3) is 0. The van der Waals surface area contributed by atoms with E-state index in [-0.39, 0.29) is 0 Å². The summed E-state index contributed by atoms with van der Waals surface area (Å²) in [6.07, 6.45) is 3.81. The Labute approximate surface area is 95.1 Å². The van der Waals surface area contributed by atoms with Gasteiger partial charge in [0.1, 0.15) is 0 Å². The second-order valence-electron chi connectivity index (χ2n) is 3.44. The minimum absolute atomic E-state index is 0.576. The lowest BCUT2D eigenvalue weighted by Gasteiger charge is -1.99. The van der Waals surface area contributed by atoms with Gasteiger partial charge in [0.05, 0.1) is 0 Å². The Bertz CT molecular complexity index is 483. The highest BCUT2D eigenvalue weighted by Gasteiger charge is 1.99. The summed E-state index contributed by atoms with van der Waals surface area (Å²) in [6, 6.07) is 19.3. The molecule has 0 aliphatic heterocycles. The molecular weight excluding hydrogens is 196 g/mol. The summed E-state index contributed by atoms with van der Waals surface area (Å²) in [5.41, 5.74) is 2.47. The molecule has 16 heavy (non-hydrogen) atoms. The van der Waals surface area contributed by atoms with E-state index in [4.69, 9.17) is 0 Å². The number of benzene rings is 2. The van der Waals surface area contributed by atoms with Gasteiger partial charge in [-0.25, -0.2) is 0 Å². The van der Waals surface area contributed by atoms with Gasteiger partial charge in [-0.3, -0.25) is 4.79 Å². The van der Waals surface area contributed by atoms with Crippen LogP contribution in [0.3, 0.4) is 0 Å². The summed E-state index contributed by atoms with van der Waals surface area (Å²) in [7, 11) is 0. The Balaban J connectivity index is 2.38. The van der Waals surface area contributed by atoms with E-state index in [9.17, 15) is 4.79 Å². The van der Waals surface area contributed by atoms with Crippen LogP contribution in [0.15, 0.2) is 60.7 Å². The zero-order valence-corrected chi connectivity index (χ0v) is 8.76. The quantitative estimate of drug-likeness (QED) is 0.557. The maximum Gasteiger partial charge on any atom is 0.234 e. The molecule has 0 aliphatic rings. The van der Waals surface area contributed by atoms with Crippen molar-refractivity contribution in [3.63, 3.8) is 0 Å². The molecule has 0 spiro atoms. The molecule has 0 amide bonds. The van der Waals surface area contributed by atoms with Gasteiger partial charge in [0, 0.05) is 5.57 Å². The van der Waals surface area contributed by atoms with Crippen LogP contribution >= 0.6 is 0 Å². The minimum Gasteiger partial charge on any atom is -0.285 e. The van der Waals surface area contributed by atoms with Crippen LogP contribution in [-0.2, 0) is 4.79 Å². The van der Waals surface area contributed by atoms with Crippen LogP contribution in [0.25, 0.3) is 11.6 Å². The molecule has 0 aromatic heterocycles. The normalized spacial score (nSPS) is 11.1. The van der Waals surface area contributed by atoms with Gasteiger partial charge >= 0.3 is 0 Å². The lowest BCUT2D eigenvalue weighted by molar-refractivity contribution is 0.565. The highest BCUT2D eigenvalue weighted by molar-refractivity contribution is 6.13. The zero-order chi connectivity index (χ0) is 11.2. The van der Waals surface area contributed by atoms with Gasteiger partial charge in [-0.1, -0.05) is 60.7 Å². The number of carbonyl (C=O) groups excluding carboxylic acids is 1. The largest absolute Gasteiger partial charge is 0.285 e. The summed E-state index contributed by atoms with van der Waals surface area (Å²) in [5.74, 6) is 0. The van der Waals surface area contributed by atoms with Crippen molar-refractivity contribution >= 4 is 17.9 Å². The SMILES string of the molecule is O=[C]/C(=C/c1ccccc1)c1ccccc1. The van der Waals surface area contributed by atoms with Crippen LogP contribution in [-0.4, -0.2) is 6.29 Å². The van der Waals surface area contributed by atoms with E-state index >= 15 is 0 Å². The van der Waals surface area contributed by atoms with Gasteiger partial charge < -0.3 is 0 Å². The predicted molar refractivity (Wildman–Crippen MR) is 66.4 cm³/mol. The number of rotatable bonds is 3. The van der Waals surface area contributed by atoms with Gasteiger partial charge in [0.25, 0.3) is 0 Å². The van der Waals surface area contributed by atoms with Gasteiger partial charge in [-0.15, -0.1) is 0 Å². The van der Waals surface area contributed by atoms with Gasteiger partial charge in [0.2, 0.25) is 6.29 Å². The van der Waals surface area contributed by atoms with Crippen LogP contribution in [0.5, 0.6) is 0 Å². The van der Waals surface area contributed by atoms with Crippen LogP contribution < -0.4 is 0 Å². The van der Waals surface area contributed by atoms with E-state index in [2.05, 4.69) is 0 Å². The van der Waals surface area contributed by atoms with Crippen molar-refractivity contribution in [2.24, 2.45) is 0 Å². The molecule has 2 rings (SSSR count). The molecule has 77 valence electrons. The van der Waals surface area contributed by atoms with E-state index in [1.807, 2.05) is 73.0 Å². The lowest BCUT2D eigenvalue weighted by atomic mass is 10.0. The topological polar surface area (TPSA) is 17.1 Å². The number of hydrogen-bond donors (Lipinski definition) is 0. The average Bonchev–Trinajstić information content (AvgIpc) is 2.38. The molecule has 1 radical (unpaired) electrons. The third-order valence-corrected chi connectivity index (χ3v) is 2.31. The smallest absolute Gasteiger partial charge is 0.234 e. The van der Waals surface area contributed by atoms with E-state index in [1.165, 1.54) is 0 Å². The third kappa shape index (κ3) is 2.45. The molecule has 0 atom stereocenters. The Morgan fingerprint density at radius 1 is 0.875 bits per heavy atom. The zero-order valence-electron chi connectivity index (χ0n) is 8.76. The standard InChI is InChI=1S/C15H11O/c16-12-15(14-9-5-2-6-10-14)11-13-7-3-1-4-8-13/h1-11H/b15-11-. The Hall–Kier alpha value is -2.15. The van der Waals surface area contributed by atoms with Crippen molar-refractivity contribution in [1.82, 2.24) is 0 Å². The first kappa shape index (κ1) is 10.4. The highest BCUT2D eigenvalue weighted by Crippen LogP contribution is 2.15. The number of hydrogen-bond acceptors (Lipinski definition) is 1. The van der Waals surface area contributed by atoms with Crippen LogP contribution in [0.1, 0.15) is 11.1 Å². The second-order valence-corrected chi connectivity index (χ2v) is 3.44. The number of allylic oxidation sites excluding steroid dienone is 1. The van der Waals surface area contributed by atoms with Crippen molar-refractivity contribution in [1.29, 1.82) is 0 Å². The predicted octanol–water partition coefficient (Wildman–Crippen LogP) is 3.34. The molecule has 0 aliphatic carbocycles. The Kier molecular flexibility index (Phi) is 3.29. The molecule has 0 N–H and O–H groups in total. The molecular formula is C15H11O. The fourth-order valence-electron chi connectivity index (χ4n) is 1.51. The molecule has 0 saturated carbocycles. The molecule has 0 saturated heterocycles. The summed E-state index contributed by atoms with van der Waals surface area (Å²) in [5, 5.41) is 0. The molecule has 2 aromatic carbocycles. The average molecular weight is 207 g/mol. The first-order chi connectivity index (χ1) is 7.90. The first-order valence-corrected chi connectivity index (χ1v) is 5.10. The van der Waals surface area contributed by atoms with E-state index in [0.717, 1.165) is 11.1 Å². The van der Waals surface area contributed by atoms with Crippen LogP contribution in [0.2, 0.25) is 0 Å². The van der Waals surface area contributed by atoms with Crippen LogP contribution in [0.4, 0.5) is 0 Å². The molecule has 0 fully saturated rings. The highest BCUT2D eigenvalue weighted by atomic mass is 16.1. The van der Waals surface area contributed by atoms with Crippen molar-refractivity contribution < 1.29 is 4.79 Å². The molecule has 1 heteroatoms. The van der Waals surface area contributed by atoms with Crippen molar-refractivity contribution in [2.75, 3.05) is 0 Å². The van der Waals surface area contributed by atoms with Crippen LogP contribution in [0, 0.1) is 0 Å². The van der Waals surface area contributed by atoms with E-state index in [1.54, 1.807) is 0 Å². The Morgan fingerprint density at radius 3 is 2.00 bits per heavy atom. The van der Waals surface area contributed by atoms with E-state index < -0.39 is 0 Å². The maximum absolute atomic E-state index is 10.9. The molecule has 0 bridgehead atoms. The van der Waals surface area contributed by atoms with Gasteiger partial charge in [0.15, 0.2) is 0 Å². The molecule has 0 unspecified atom stereocenters. The summed E-state index contributed by atoms with van der Waals surface area (Å²) in [6.45, 7) is 0. The lowest BCUT2D eigenvalue weighted by Crippen LogP contribution is -1.85. The first-order valence-electron chi connectivity index (χ1n) is 5.10. The monoisotopic (exact) mass is 207 g/mol. The van der Waals surface area contributed by atoms with Gasteiger partial charge in [-0.2, -0.15) is 0 Å².